The summed E-state index contributed by atoms with van der Waals surface area (Å²) in [5.41, 5.74) is 0.889. The minimum atomic E-state index is -4.06. The Hall–Kier alpha value is -3.59. The third-order valence-electron chi connectivity index (χ3n) is 4.40. The van der Waals surface area contributed by atoms with Gasteiger partial charge in [0.15, 0.2) is 6.61 Å². The molecular formula is C22H21FN2O5S. The molecule has 0 unspecified atom stereocenters. The number of nitrogens with one attached hydrogen (secondary N) is 1. The first-order chi connectivity index (χ1) is 14.8. The van der Waals surface area contributed by atoms with Gasteiger partial charge in [-0.1, -0.05) is 18.2 Å². The number of ether oxygens (including phenoxy) is 2. The van der Waals surface area contributed by atoms with Gasteiger partial charge in [0.1, 0.15) is 22.2 Å². The molecule has 0 saturated heterocycles. The summed E-state index contributed by atoms with van der Waals surface area (Å²) in [7, 11) is -1.19. The van der Waals surface area contributed by atoms with E-state index in [1.807, 2.05) is 0 Å². The van der Waals surface area contributed by atoms with E-state index in [4.69, 9.17) is 9.47 Å². The van der Waals surface area contributed by atoms with E-state index >= 15 is 0 Å². The lowest BCUT2D eigenvalue weighted by atomic mass is 10.3. The number of nitrogens with zero attached hydrogens (tertiary/aromatic N) is 1. The van der Waals surface area contributed by atoms with Crippen molar-refractivity contribution < 1.29 is 27.1 Å². The Balaban J connectivity index is 1.62. The molecule has 0 bridgehead atoms. The van der Waals surface area contributed by atoms with Crippen LogP contribution in [0.5, 0.6) is 11.5 Å². The topological polar surface area (TPSA) is 84.9 Å². The second-order valence-electron chi connectivity index (χ2n) is 6.47. The Morgan fingerprint density at radius 3 is 2.39 bits per heavy atom. The van der Waals surface area contributed by atoms with Gasteiger partial charge in [0.25, 0.3) is 15.9 Å². The van der Waals surface area contributed by atoms with E-state index in [0.717, 1.165) is 10.4 Å². The zero-order valence-electron chi connectivity index (χ0n) is 16.9. The van der Waals surface area contributed by atoms with Crippen LogP contribution in [0.2, 0.25) is 0 Å². The fourth-order valence-corrected chi connectivity index (χ4v) is 4.00. The van der Waals surface area contributed by atoms with Crippen molar-refractivity contribution in [3.63, 3.8) is 0 Å². The maximum Gasteiger partial charge on any atom is 0.266 e. The molecule has 0 aliphatic heterocycles. The summed E-state index contributed by atoms with van der Waals surface area (Å²) in [5.74, 6) is -0.196. The van der Waals surface area contributed by atoms with E-state index in [-0.39, 0.29) is 12.5 Å². The van der Waals surface area contributed by atoms with Crippen molar-refractivity contribution in [2.45, 2.75) is 4.90 Å². The van der Waals surface area contributed by atoms with Gasteiger partial charge in [-0.25, -0.2) is 12.8 Å². The third-order valence-corrected chi connectivity index (χ3v) is 6.22. The van der Waals surface area contributed by atoms with E-state index in [0.29, 0.717) is 22.9 Å². The van der Waals surface area contributed by atoms with Gasteiger partial charge in [0, 0.05) is 18.8 Å². The normalized spacial score (nSPS) is 10.9. The van der Waals surface area contributed by atoms with Crippen molar-refractivity contribution in [2.24, 2.45) is 0 Å². The molecule has 0 radical (unpaired) electrons. The molecule has 9 heteroatoms. The molecule has 0 atom stereocenters. The minimum Gasteiger partial charge on any atom is -0.497 e. The Labute approximate surface area is 180 Å². The van der Waals surface area contributed by atoms with Crippen molar-refractivity contribution in [3.05, 3.63) is 78.6 Å². The third kappa shape index (κ3) is 5.32. The van der Waals surface area contributed by atoms with Gasteiger partial charge in [-0.05, 0) is 48.5 Å². The SMILES string of the molecule is COc1cccc(NC(=O)COc2ccc(N(C)S(=O)(=O)c3ccccc3F)cc2)c1. The molecule has 0 spiro atoms. The molecule has 3 aromatic carbocycles. The smallest absolute Gasteiger partial charge is 0.266 e. The zero-order chi connectivity index (χ0) is 22.4. The van der Waals surface area contributed by atoms with Crippen LogP contribution in [0.25, 0.3) is 0 Å². The van der Waals surface area contributed by atoms with E-state index in [9.17, 15) is 17.6 Å². The first kappa shape index (κ1) is 22.1. The molecule has 1 N–H and O–H groups in total. The maximum absolute atomic E-state index is 13.9. The number of amides is 1. The first-order valence-electron chi connectivity index (χ1n) is 9.21. The molecule has 0 heterocycles. The molecule has 1 amide bonds. The average molecular weight is 444 g/mol. The van der Waals surface area contributed by atoms with Crippen molar-refractivity contribution >= 4 is 27.3 Å². The number of carbonyl (C=O) groups excluding carboxylic acids is 1. The van der Waals surface area contributed by atoms with Crippen LogP contribution in [0.4, 0.5) is 15.8 Å². The minimum absolute atomic E-state index is 0.236. The monoisotopic (exact) mass is 444 g/mol. The summed E-state index contributed by atoms with van der Waals surface area (Å²) in [6.07, 6.45) is 0. The Morgan fingerprint density at radius 2 is 1.71 bits per heavy atom. The molecule has 0 saturated carbocycles. The van der Waals surface area contributed by atoms with Gasteiger partial charge in [0.2, 0.25) is 0 Å². The predicted molar refractivity (Wildman–Crippen MR) is 116 cm³/mol. The van der Waals surface area contributed by atoms with Crippen LogP contribution in [-0.2, 0) is 14.8 Å². The highest BCUT2D eigenvalue weighted by atomic mass is 32.2. The molecule has 3 rings (SSSR count). The summed E-state index contributed by atoms with van der Waals surface area (Å²) in [6, 6.07) is 18.2. The number of halogens is 1. The quantitative estimate of drug-likeness (QED) is 0.573. The fraction of sp³-hybridized carbons (Fsp3) is 0.136. The number of carbonyl (C=O) groups is 1. The molecular weight excluding hydrogens is 423 g/mol. The highest BCUT2D eigenvalue weighted by Gasteiger charge is 2.24. The van der Waals surface area contributed by atoms with Gasteiger partial charge < -0.3 is 14.8 Å². The fourth-order valence-electron chi connectivity index (χ4n) is 2.74. The van der Waals surface area contributed by atoms with Crippen molar-refractivity contribution in [3.8, 4) is 11.5 Å². The highest BCUT2D eigenvalue weighted by molar-refractivity contribution is 7.92. The van der Waals surface area contributed by atoms with E-state index < -0.39 is 20.7 Å². The lowest BCUT2D eigenvalue weighted by Crippen LogP contribution is -2.27. The van der Waals surface area contributed by atoms with Crippen molar-refractivity contribution in [2.75, 3.05) is 30.4 Å². The van der Waals surface area contributed by atoms with Gasteiger partial charge in [-0.3, -0.25) is 9.10 Å². The molecule has 3 aromatic rings. The van der Waals surface area contributed by atoms with Gasteiger partial charge in [-0.2, -0.15) is 0 Å². The Bertz CT molecular complexity index is 1170. The van der Waals surface area contributed by atoms with E-state index in [1.165, 1.54) is 56.6 Å². The summed E-state index contributed by atoms with van der Waals surface area (Å²) in [6.45, 7) is -0.236. The Kier molecular flexibility index (Phi) is 6.76. The number of sulfonamides is 1. The van der Waals surface area contributed by atoms with Crippen LogP contribution in [0.1, 0.15) is 0 Å². The highest BCUT2D eigenvalue weighted by Crippen LogP contribution is 2.25. The zero-order valence-corrected chi connectivity index (χ0v) is 17.7. The number of benzene rings is 3. The summed E-state index contributed by atoms with van der Waals surface area (Å²) >= 11 is 0. The summed E-state index contributed by atoms with van der Waals surface area (Å²) < 4.78 is 50.8. The number of hydrogen-bond acceptors (Lipinski definition) is 5. The molecule has 0 aliphatic carbocycles. The number of anilines is 2. The largest absolute Gasteiger partial charge is 0.497 e. The van der Waals surface area contributed by atoms with Crippen LogP contribution < -0.4 is 19.1 Å². The van der Waals surface area contributed by atoms with Gasteiger partial charge in [-0.15, -0.1) is 0 Å². The van der Waals surface area contributed by atoms with E-state index in [1.54, 1.807) is 24.3 Å². The number of methoxy groups -OCH3 is 1. The molecule has 0 aliphatic rings. The van der Waals surface area contributed by atoms with Crippen LogP contribution in [0.15, 0.2) is 77.7 Å². The molecule has 0 aromatic heterocycles. The molecule has 162 valence electrons. The van der Waals surface area contributed by atoms with Crippen LogP contribution in [0, 0.1) is 5.82 Å². The Morgan fingerprint density at radius 1 is 1.00 bits per heavy atom. The predicted octanol–water partition coefficient (Wildman–Crippen LogP) is 3.68. The summed E-state index contributed by atoms with van der Waals surface area (Å²) in [4.78, 5) is 11.7. The maximum atomic E-state index is 13.9. The second kappa shape index (κ2) is 9.48. The molecule has 0 fully saturated rings. The number of hydrogen-bond donors (Lipinski definition) is 1. The van der Waals surface area contributed by atoms with Gasteiger partial charge in [0.05, 0.1) is 12.8 Å². The standard InChI is InChI=1S/C22H21FN2O5S/c1-25(31(27,28)21-9-4-3-8-20(21)23)17-10-12-18(13-11-17)30-15-22(26)24-16-6-5-7-19(14-16)29-2/h3-14H,15H2,1-2H3,(H,24,26). The number of rotatable bonds is 8. The van der Waals surface area contributed by atoms with Crippen LogP contribution in [0.3, 0.4) is 0 Å². The average Bonchev–Trinajstić information content (AvgIpc) is 2.78. The first-order valence-corrected chi connectivity index (χ1v) is 10.7. The molecule has 31 heavy (non-hydrogen) atoms. The van der Waals surface area contributed by atoms with Crippen molar-refractivity contribution in [1.29, 1.82) is 0 Å². The van der Waals surface area contributed by atoms with Crippen molar-refractivity contribution in [1.82, 2.24) is 0 Å². The lowest BCUT2D eigenvalue weighted by Gasteiger charge is -2.20. The van der Waals surface area contributed by atoms with Crippen LogP contribution >= 0.6 is 0 Å². The summed E-state index contributed by atoms with van der Waals surface area (Å²) in [5, 5.41) is 2.69. The lowest BCUT2D eigenvalue weighted by molar-refractivity contribution is -0.118. The second-order valence-corrected chi connectivity index (χ2v) is 8.40. The molecule has 7 nitrogen and oxygen atoms in total. The van der Waals surface area contributed by atoms with Crippen LogP contribution in [-0.4, -0.2) is 35.1 Å². The van der Waals surface area contributed by atoms with Gasteiger partial charge >= 0.3 is 0 Å². The van der Waals surface area contributed by atoms with E-state index in [2.05, 4.69) is 5.32 Å².